The Kier molecular flexibility index (Phi) is 5.75. The van der Waals surface area contributed by atoms with Gasteiger partial charge in [0.05, 0.1) is 0 Å². The van der Waals surface area contributed by atoms with Crippen molar-refractivity contribution in [1.29, 1.82) is 0 Å². The lowest BCUT2D eigenvalue weighted by Gasteiger charge is -2.14. The monoisotopic (exact) mass is 397 g/mol. The summed E-state index contributed by atoms with van der Waals surface area (Å²) in [7, 11) is 0. The molecule has 0 atom stereocenters. The summed E-state index contributed by atoms with van der Waals surface area (Å²) in [4.78, 5) is 23.1. The largest absolute Gasteiger partial charge is 0.449 e. The van der Waals surface area contributed by atoms with Crippen LogP contribution in [0, 0.1) is 6.92 Å². The molecule has 0 unspecified atom stereocenters. The molecule has 0 aromatic heterocycles. The predicted molar refractivity (Wildman–Crippen MR) is 119 cm³/mol. The number of nitrogens with one attached hydrogen (secondary N) is 1. The maximum Gasteiger partial charge on any atom is 0.407 e. The molecule has 0 spiro atoms. The Morgan fingerprint density at radius 2 is 1.67 bits per heavy atom. The molecule has 30 heavy (non-hydrogen) atoms. The Morgan fingerprint density at radius 1 is 1.00 bits per heavy atom. The number of rotatable bonds is 6. The van der Waals surface area contributed by atoms with Gasteiger partial charge in [-0.15, -0.1) is 0 Å². The van der Waals surface area contributed by atoms with Crippen molar-refractivity contribution in [2.75, 3.05) is 13.2 Å². The van der Waals surface area contributed by atoms with E-state index in [1.807, 2.05) is 55.5 Å². The first kappa shape index (κ1) is 19.6. The molecule has 0 saturated carbocycles. The fourth-order valence-electron chi connectivity index (χ4n) is 3.89. The van der Waals surface area contributed by atoms with Crippen LogP contribution in [0.15, 0.2) is 72.8 Å². The molecule has 0 aliphatic heterocycles. The first-order valence-electron chi connectivity index (χ1n) is 9.98. The van der Waals surface area contributed by atoms with Gasteiger partial charge in [0.25, 0.3) is 0 Å². The van der Waals surface area contributed by atoms with Crippen molar-refractivity contribution in [3.8, 4) is 11.1 Å². The number of ether oxygens (including phenoxy) is 1. The van der Waals surface area contributed by atoms with E-state index >= 15 is 0 Å². The van der Waals surface area contributed by atoms with Crippen LogP contribution in [0.1, 0.15) is 38.5 Å². The number of carbonyl (C=O) groups excluding carboxylic acids is 2. The van der Waals surface area contributed by atoms with Crippen LogP contribution in [-0.2, 0) is 4.74 Å². The van der Waals surface area contributed by atoms with E-state index < -0.39 is 6.09 Å². The number of fused-ring (bicyclic) bond motifs is 3. The summed E-state index contributed by atoms with van der Waals surface area (Å²) in [5.74, 6) is 0.0485. The maximum absolute atomic E-state index is 12.2. The highest BCUT2D eigenvalue weighted by atomic mass is 16.5. The van der Waals surface area contributed by atoms with Crippen molar-refractivity contribution in [1.82, 2.24) is 5.32 Å². The van der Waals surface area contributed by atoms with Crippen molar-refractivity contribution in [2.24, 2.45) is 0 Å². The Bertz CT molecular complexity index is 1070. The molecule has 1 aliphatic carbocycles. The van der Waals surface area contributed by atoms with Crippen LogP contribution in [0.2, 0.25) is 0 Å². The van der Waals surface area contributed by atoms with E-state index in [9.17, 15) is 9.59 Å². The summed E-state index contributed by atoms with van der Waals surface area (Å²) >= 11 is 0. The van der Waals surface area contributed by atoms with Gasteiger partial charge in [0.2, 0.25) is 0 Å². The minimum atomic E-state index is -0.445. The molecule has 0 saturated heterocycles. The predicted octanol–water partition coefficient (Wildman–Crippen LogP) is 5.36. The van der Waals surface area contributed by atoms with Crippen molar-refractivity contribution in [2.45, 2.75) is 12.8 Å². The van der Waals surface area contributed by atoms with Crippen LogP contribution in [-0.4, -0.2) is 25.5 Å². The number of benzene rings is 3. The maximum atomic E-state index is 12.2. The molecule has 3 aromatic carbocycles. The number of aryl methyl sites for hydroxylation is 1. The normalized spacial score (nSPS) is 12.4. The molecule has 4 rings (SSSR count). The lowest BCUT2D eigenvalue weighted by molar-refractivity contribution is 0.112. The zero-order valence-corrected chi connectivity index (χ0v) is 16.8. The van der Waals surface area contributed by atoms with Gasteiger partial charge in [-0.25, -0.2) is 4.79 Å². The van der Waals surface area contributed by atoms with Gasteiger partial charge in [0, 0.05) is 18.0 Å². The van der Waals surface area contributed by atoms with Crippen LogP contribution in [0.4, 0.5) is 4.79 Å². The van der Waals surface area contributed by atoms with Gasteiger partial charge in [0.1, 0.15) is 12.9 Å². The summed E-state index contributed by atoms with van der Waals surface area (Å²) in [5.41, 5.74) is 7.45. The first-order chi connectivity index (χ1) is 14.7. The molecular weight excluding hydrogens is 374 g/mol. The van der Waals surface area contributed by atoms with E-state index in [4.69, 9.17) is 4.74 Å². The van der Waals surface area contributed by atoms with Crippen LogP contribution >= 0.6 is 0 Å². The molecule has 0 radical (unpaired) electrons. The third-order valence-electron chi connectivity index (χ3n) is 5.44. The average Bonchev–Trinajstić information content (AvgIpc) is 3.10. The van der Waals surface area contributed by atoms with E-state index in [1.165, 1.54) is 22.3 Å². The number of hydrogen-bond donors (Lipinski definition) is 1. The zero-order chi connectivity index (χ0) is 20.9. The molecule has 4 nitrogen and oxygen atoms in total. The fourth-order valence-corrected chi connectivity index (χ4v) is 3.89. The zero-order valence-electron chi connectivity index (χ0n) is 16.8. The van der Waals surface area contributed by atoms with Gasteiger partial charge in [-0.05, 0) is 46.4 Å². The number of alkyl carbamates (subject to hydrolysis) is 1. The Morgan fingerprint density at radius 3 is 2.33 bits per heavy atom. The summed E-state index contributed by atoms with van der Waals surface area (Å²) in [6.07, 6.45) is 4.12. The third kappa shape index (κ3) is 4.03. The van der Waals surface area contributed by atoms with Gasteiger partial charge in [-0.2, -0.15) is 0 Å². The quantitative estimate of drug-likeness (QED) is 0.570. The smallest absolute Gasteiger partial charge is 0.407 e. The molecule has 1 N–H and O–H groups in total. The van der Waals surface area contributed by atoms with Gasteiger partial charge in [0.15, 0.2) is 0 Å². The number of carbonyl (C=O) groups is 2. The minimum Gasteiger partial charge on any atom is -0.449 e. The Hall–Kier alpha value is -3.66. The van der Waals surface area contributed by atoms with Crippen molar-refractivity contribution < 1.29 is 14.3 Å². The summed E-state index contributed by atoms with van der Waals surface area (Å²) in [6.45, 7) is 2.62. The lowest BCUT2D eigenvalue weighted by atomic mass is 9.98. The molecule has 3 aromatic rings. The minimum absolute atomic E-state index is 0.0485. The number of hydrogen-bond acceptors (Lipinski definition) is 3. The standard InChI is InChI=1S/C26H23NO3/c1-18-12-13-19(16-28)15-20(18)7-6-14-27-26(29)30-17-25-23-10-4-2-8-21(23)22-9-3-5-11-24(22)25/h2-13,15-16,25H,14,17H2,1H3,(H,27,29). The van der Waals surface area contributed by atoms with E-state index in [2.05, 4.69) is 29.6 Å². The second-order valence-electron chi connectivity index (χ2n) is 7.34. The molecular formula is C26H23NO3. The van der Waals surface area contributed by atoms with Crippen LogP contribution in [0.3, 0.4) is 0 Å². The molecule has 1 amide bonds. The van der Waals surface area contributed by atoms with Crippen LogP contribution in [0.25, 0.3) is 17.2 Å². The van der Waals surface area contributed by atoms with Gasteiger partial charge < -0.3 is 10.1 Å². The van der Waals surface area contributed by atoms with E-state index in [0.29, 0.717) is 18.7 Å². The van der Waals surface area contributed by atoms with Crippen molar-refractivity contribution >= 4 is 18.5 Å². The Labute approximate surface area is 176 Å². The lowest BCUT2D eigenvalue weighted by Crippen LogP contribution is -2.26. The number of amides is 1. The summed E-state index contributed by atoms with van der Waals surface area (Å²) in [5, 5.41) is 2.76. The second-order valence-corrected chi connectivity index (χ2v) is 7.34. The van der Waals surface area contributed by atoms with Gasteiger partial charge in [-0.3, -0.25) is 4.79 Å². The first-order valence-corrected chi connectivity index (χ1v) is 9.98. The van der Waals surface area contributed by atoms with Gasteiger partial charge in [-0.1, -0.05) is 72.8 Å². The highest BCUT2D eigenvalue weighted by molar-refractivity contribution is 5.79. The summed E-state index contributed by atoms with van der Waals surface area (Å²) in [6, 6.07) is 22.0. The Balaban J connectivity index is 1.34. The molecule has 0 fully saturated rings. The molecule has 0 bridgehead atoms. The highest BCUT2D eigenvalue weighted by Crippen LogP contribution is 2.44. The molecule has 0 heterocycles. The van der Waals surface area contributed by atoms with E-state index in [0.717, 1.165) is 17.4 Å². The fraction of sp³-hybridized carbons (Fsp3) is 0.154. The highest BCUT2D eigenvalue weighted by Gasteiger charge is 2.28. The molecule has 4 heteroatoms. The third-order valence-corrected chi connectivity index (χ3v) is 5.44. The second kappa shape index (κ2) is 8.78. The topological polar surface area (TPSA) is 55.4 Å². The van der Waals surface area contributed by atoms with Crippen molar-refractivity contribution in [3.63, 3.8) is 0 Å². The molecule has 1 aliphatic rings. The van der Waals surface area contributed by atoms with E-state index in [-0.39, 0.29) is 5.92 Å². The van der Waals surface area contributed by atoms with Crippen LogP contribution in [0.5, 0.6) is 0 Å². The summed E-state index contributed by atoms with van der Waals surface area (Å²) < 4.78 is 5.52. The van der Waals surface area contributed by atoms with Crippen LogP contribution < -0.4 is 5.32 Å². The average molecular weight is 397 g/mol. The van der Waals surface area contributed by atoms with E-state index in [1.54, 1.807) is 6.07 Å². The molecule has 150 valence electrons. The number of aldehydes is 1. The SMILES string of the molecule is Cc1ccc(C=O)cc1C=CCNC(=O)OCC1c2ccccc2-c2ccccc21. The van der Waals surface area contributed by atoms with Crippen molar-refractivity contribution in [3.05, 3.63) is 101 Å². The van der Waals surface area contributed by atoms with Gasteiger partial charge >= 0.3 is 6.09 Å².